The van der Waals surface area contributed by atoms with Gasteiger partial charge < -0.3 is 26.7 Å². The summed E-state index contributed by atoms with van der Waals surface area (Å²) in [5.74, 6) is 1.57. The summed E-state index contributed by atoms with van der Waals surface area (Å²) in [6, 6.07) is 18.2. The van der Waals surface area contributed by atoms with Crippen LogP contribution >= 0.6 is 0 Å². The van der Waals surface area contributed by atoms with Crippen molar-refractivity contribution in [3.05, 3.63) is 89.6 Å². The molecule has 0 radical (unpaired) electrons. The smallest absolute Gasteiger partial charge is 0.221 e. The fraction of sp³-hybridized carbons (Fsp3) is 0.120. The van der Waals surface area contributed by atoms with Crippen molar-refractivity contribution in [2.75, 3.05) is 24.3 Å². The number of nitrogens with two attached hydrogens (primary N) is 3. The molecule has 0 atom stereocenters. The molecule has 9 nitrogen and oxygen atoms in total. The number of methoxy groups -OCH3 is 1. The number of nitrogen functional groups attached to an aromatic ring is 3. The number of rotatable bonds is 8. The van der Waals surface area contributed by atoms with E-state index in [1.807, 2.05) is 18.2 Å². The van der Waals surface area contributed by atoms with Crippen LogP contribution in [0.25, 0.3) is 0 Å². The van der Waals surface area contributed by atoms with Crippen LogP contribution in [0.4, 0.5) is 17.5 Å². The first kappa shape index (κ1) is 23.8. The number of nitrogens with zero attached hydrogens (tertiary/aromatic N) is 2. The molecule has 0 aliphatic carbocycles. The van der Waals surface area contributed by atoms with Gasteiger partial charge in [-0.05, 0) is 59.7 Å². The second-order valence-electron chi connectivity index (χ2n) is 7.81. The Balaban J connectivity index is 1.45. The Labute approximate surface area is 203 Å². The minimum atomic E-state index is -3.63. The molecule has 10 heteroatoms. The molecule has 0 amide bonds. The third kappa shape index (κ3) is 5.44. The van der Waals surface area contributed by atoms with Gasteiger partial charge in [-0.2, -0.15) is 4.98 Å². The predicted octanol–water partition coefficient (Wildman–Crippen LogP) is 3.23. The van der Waals surface area contributed by atoms with Gasteiger partial charge >= 0.3 is 0 Å². The van der Waals surface area contributed by atoms with Crippen molar-refractivity contribution >= 4 is 27.3 Å². The van der Waals surface area contributed by atoms with Gasteiger partial charge in [0.15, 0.2) is 11.5 Å². The molecule has 180 valence electrons. The van der Waals surface area contributed by atoms with Gasteiger partial charge in [0.25, 0.3) is 0 Å². The minimum absolute atomic E-state index is 0.128. The van der Waals surface area contributed by atoms with Crippen LogP contribution in [0.2, 0.25) is 0 Å². The zero-order valence-corrected chi connectivity index (χ0v) is 19.8. The third-order valence-corrected chi connectivity index (χ3v) is 7.14. The van der Waals surface area contributed by atoms with Crippen molar-refractivity contribution in [3.8, 4) is 11.5 Å². The van der Waals surface area contributed by atoms with Gasteiger partial charge in [-0.1, -0.05) is 18.2 Å². The average molecular weight is 492 g/mol. The Bertz CT molecular complexity index is 1440. The summed E-state index contributed by atoms with van der Waals surface area (Å²) in [7, 11) is -2.07. The maximum atomic E-state index is 12.8. The summed E-state index contributed by atoms with van der Waals surface area (Å²) in [5.41, 5.74) is 20.1. The molecule has 0 bridgehead atoms. The summed E-state index contributed by atoms with van der Waals surface area (Å²) in [6.07, 6.45) is 2.11. The van der Waals surface area contributed by atoms with E-state index in [2.05, 4.69) is 9.97 Å². The molecule has 1 aromatic heterocycles. The van der Waals surface area contributed by atoms with E-state index in [-0.39, 0.29) is 22.3 Å². The van der Waals surface area contributed by atoms with Crippen molar-refractivity contribution in [2.24, 2.45) is 0 Å². The number of hydrogen-bond acceptors (Lipinski definition) is 9. The van der Waals surface area contributed by atoms with Gasteiger partial charge in [0, 0.05) is 23.9 Å². The number of hydrogen-bond donors (Lipinski definition) is 3. The van der Waals surface area contributed by atoms with Crippen LogP contribution < -0.4 is 26.7 Å². The maximum Gasteiger partial charge on any atom is 0.221 e. The first-order valence-electron chi connectivity index (χ1n) is 10.6. The SMILES string of the molecule is COc1cc(Cc2cnc(N)nc2N)ccc1OCc1ccc(S(=O)(=O)c2ccc(N)cc2)cc1. The molecule has 0 aliphatic heterocycles. The van der Waals surface area contributed by atoms with E-state index < -0.39 is 9.84 Å². The average Bonchev–Trinajstić information content (AvgIpc) is 2.85. The van der Waals surface area contributed by atoms with Crippen LogP contribution in [0.5, 0.6) is 11.5 Å². The Morgan fingerprint density at radius 3 is 2.09 bits per heavy atom. The Morgan fingerprint density at radius 2 is 1.46 bits per heavy atom. The largest absolute Gasteiger partial charge is 0.493 e. The van der Waals surface area contributed by atoms with Crippen LogP contribution in [0.15, 0.2) is 82.7 Å². The lowest BCUT2D eigenvalue weighted by molar-refractivity contribution is 0.284. The number of aromatic nitrogens is 2. The van der Waals surface area contributed by atoms with Crippen molar-refractivity contribution < 1.29 is 17.9 Å². The van der Waals surface area contributed by atoms with Crippen molar-refractivity contribution in [1.29, 1.82) is 0 Å². The van der Waals surface area contributed by atoms with Gasteiger partial charge in [-0.25, -0.2) is 13.4 Å². The monoisotopic (exact) mass is 491 g/mol. The fourth-order valence-corrected chi connectivity index (χ4v) is 4.70. The standard InChI is InChI=1S/C25H25N5O4S/c1-33-23-13-17(12-18-14-29-25(28)30-24(18)27)4-11-22(23)34-15-16-2-7-20(8-3-16)35(31,32)21-9-5-19(26)6-10-21/h2-11,13-14H,12,15,26H2,1H3,(H4,27,28,29,30). The van der Waals surface area contributed by atoms with E-state index in [4.69, 9.17) is 26.7 Å². The lowest BCUT2D eigenvalue weighted by atomic mass is 10.1. The highest BCUT2D eigenvalue weighted by molar-refractivity contribution is 7.91. The summed E-state index contributed by atoms with van der Waals surface area (Å²) in [4.78, 5) is 8.35. The maximum absolute atomic E-state index is 12.8. The number of benzene rings is 3. The molecule has 0 spiro atoms. The van der Waals surface area contributed by atoms with Crippen molar-refractivity contribution in [1.82, 2.24) is 9.97 Å². The highest BCUT2D eigenvalue weighted by Crippen LogP contribution is 2.30. The Kier molecular flexibility index (Phi) is 6.74. The van der Waals surface area contributed by atoms with E-state index in [9.17, 15) is 8.42 Å². The lowest BCUT2D eigenvalue weighted by Gasteiger charge is -2.13. The summed E-state index contributed by atoms with van der Waals surface area (Å²) in [5, 5.41) is 0. The molecule has 0 saturated carbocycles. The van der Waals surface area contributed by atoms with E-state index in [1.165, 1.54) is 12.1 Å². The molecule has 1 heterocycles. The molecule has 3 aromatic carbocycles. The summed E-state index contributed by atoms with van der Waals surface area (Å²) >= 11 is 0. The van der Waals surface area contributed by atoms with E-state index >= 15 is 0 Å². The van der Waals surface area contributed by atoms with Gasteiger partial charge in [0.05, 0.1) is 16.9 Å². The quantitative estimate of drug-likeness (QED) is 0.315. The van der Waals surface area contributed by atoms with Crippen LogP contribution in [0.1, 0.15) is 16.7 Å². The second-order valence-corrected chi connectivity index (χ2v) is 9.76. The molecule has 35 heavy (non-hydrogen) atoms. The van der Waals surface area contributed by atoms with Crippen LogP contribution in [-0.4, -0.2) is 25.5 Å². The molecule has 4 aromatic rings. The highest BCUT2D eigenvalue weighted by atomic mass is 32.2. The van der Waals surface area contributed by atoms with E-state index in [0.717, 1.165) is 16.7 Å². The van der Waals surface area contributed by atoms with Gasteiger partial charge in [0.2, 0.25) is 15.8 Å². The third-order valence-electron chi connectivity index (χ3n) is 5.36. The summed E-state index contributed by atoms with van der Waals surface area (Å²) < 4.78 is 37.0. The van der Waals surface area contributed by atoms with Crippen LogP contribution in [-0.2, 0) is 22.9 Å². The first-order chi connectivity index (χ1) is 16.8. The van der Waals surface area contributed by atoms with Gasteiger partial charge in [-0.15, -0.1) is 0 Å². The Hall–Kier alpha value is -4.31. The molecule has 0 fully saturated rings. The van der Waals surface area contributed by atoms with E-state index in [1.54, 1.807) is 49.7 Å². The second kappa shape index (κ2) is 9.90. The summed E-state index contributed by atoms with van der Waals surface area (Å²) in [6.45, 7) is 0.233. The lowest BCUT2D eigenvalue weighted by Crippen LogP contribution is -2.04. The molecule has 4 rings (SSSR count). The molecule has 0 unspecified atom stereocenters. The Morgan fingerprint density at radius 1 is 0.829 bits per heavy atom. The fourth-order valence-electron chi connectivity index (χ4n) is 3.44. The number of ether oxygens (including phenoxy) is 2. The number of anilines is 3. The van der Waals surface area contributed by atoms with Gasteiger partial charge in [0.1, 0.15) is 12.4 Å². The van der Waals surface area contributed by atoms with Gasteiger partial charge in [-0.3, -0.25) is 0 Å². The number of sulfone groups is 1. The predicted molar refractivity (Wildman–Crippen MR) is 134 cm³/mol. The topological polar surface area (TPSA) is 156 Å². The zero-order chi connectivity index (χ0) is 25.0. The van der Waals surface area contributed by atoms with Crippen molar-refractivity contribution in [2.45, 2.75) is 22.8 Å². The molecule has 0 saturated heterocycles. The van der Waals surface area contributed by atoms with E-state index in [0.29, 0.717) is 29.4 Å². The first-order valence-corrected chi connectivity index (χ1v) is 12.1. The van der Waals surface area contributed by atoms with Crippen LogP contribution in [0.3, 0.4) is 0 Å². The molecule has 6 N–H and O–H groups in total. The van der Waals surface area contributed by atoms with Crippen molar-refractivity contribution in [3.63, 3.8) is 0 Å². The normalized spacial score (nSPS) is 11.2. The molecular formula is C25H25N5O4S. The zero-order valence-electron chi connectivity index (χ0n) is 19.0. The van der Waals surface area contributed by atoms with Crippen LogP contribution in [0, 0.1) is 0 Å². The minimum Gasteiger partial charge on any atom is -0.493 e. The molecular weight excluding hydrogens is 466 g/mol. The molecule has 0 aliphatic rings. The highest BCUT2D eigenvalue weighted by Gasteiger charge is 2.17.